The highest BCUT2D eigenvalue weighted by molar-refractivity contribution is 6.31. The number of halogens is 1. The van der Waals surface area contributed by atoms with Gasteiger partial charge in [-0.1, -0.05) is 11.6 Å². The summed E-state index contributed by atoms with van der Waals surface area (Å²) < 4.78 is 0. The number of hydrogen-bond donors (Lipinski definition) is 0. The molecular formula is C22H27ClN4O2. The number of benzene rings is 1. The van der Waals surface area contributed by atoms with Crippen LogP contribution in [0.15, 0.2) is 24.3 Å². The summed E-state index contributed by atoms with van der Waals surface area (Å²) in [6, 6.07) is 7.40. The number of amides is 2. The van der Waals surface area contributed by atoms with E-state index in [1.54, 1.807) is 0 Å². The summed E-state index contributed by atoms with van der Waals surface area (Å²) in [7, 11) is 0. The fourth-order valence-electron chi connectivity index (χ4n) is 4.17. The van der Waals surface area contributed by atoms with Gasteiger partial charge in [-0.25, -0.2) is 0 Å². The van der Waals surface area contributed by atoms with Crippen molar-refractivity contribution in [1.29, 1.82) is 0 Å². The van der Waals surface area contributed by atoms with E-state index in [4.69, 9.17) is 11.6 Å². The number of fused-ring (bicyclic) bond motifs is 1. The average molecular weight is 415 g/mol. The van der Waals surface area contributed by atoms with Crippen LogP contribution in [0.5, 0.6) is 0 Å². The van der Waals surface area contributed by atoms with Gasteiger partial charge >= 0.3 is 0 Å². The molecule has 3 heterocycles. The van der Waals surface area contributed by atoms with Crippen molar-refractivity contribution >= 4 is 34.3 Å². The van der Waals surface area contributed by atoms with E-state index >= 15 is 0 Å². The molecule has 0 N–H and O–H groups in total. The smallest absolute Gasteiger partial charge is 0.255 e. The normalized spacial score (nSPS) is 18.3. The molecule has 2 aliphatic rings. The van der Waals surface area contributed by atoms with E-state index in [2.05, 4.69) is 9.88 Å². The lowest BCUT2D eigenvalue weighted by Crippen LogP contribution is -2.52. The van der Waals surface area contributed by atoms with Crippen molar-refractivity contribution in [3.8, 4) is 0 Å². The predicted molar refractivity (Wildman–Crippen MR) is 114 cm³/mol. The largest absolute Gasteiger partial charge is 0.342 e. The van der Waals surface area contributed by atoms with E-state index in [0.717, 1.165) is 55.6 Å². The zero-order chi connectivity index (χ0) is 20.4. The molecule has 0 unspecified atom stereocenters. The van der Waals surface area contributed by atoms with Crippen LogP contribution in [-0.2, 0) is 4.79 Å². The topological polar surface area (TPSA) is 56.8 Å². The first-order valence-corrected chi connectivity index (χ1v) is 10.8. The minimum absolute atomic E-state index is 0.00103. The molecule has 2 saturated heterocycles. The van der Waals surface area contributed by atoms with E-state index in [1.165, 1.54) is 6.42 Å². The van der Waals surface area contributed by atoms with Crippen molar-refractivity contribution in [3.05, 3.63) is 40.5 Å². The maximum absolute atomic E-state index is 13.1. The summed E-state index contributed by atoms with van der Waals surface area (Å²) in [5.74, 6) is 0.217. The third-order valence-corrected chi connectivity index (χ3v) is 6.16. The first-order valence-electron chi connectivity index (χ1n) is 10.4. The van der Waals surface area contributed by atoms with Gasteiger partial charge in [0.15, 0.2) is 0 Å². The molecule has 2 aliphatic heterocycles. The maximum Gasteiger partial charge on any atom is 0.255 e. The number of piperidine rings is 1. The van der Waals surface area contributed by atoms with Gasteiger partial charge in [-0.05, 0) is 50.5 Å². The molecule has 1 aromatic carbocycles. The first kappa shape index (κ1) is 20.1. The number of carbonyl (C=O) groups is 2. The molecule has 0 radical (unpaired) electrons. The lowest BCUT2D eigenvalue weighted by Gasteiger charge is -2.36. The van der Waals surface area contributed by atoms with Gasteiger partial charge in [-0.3, -0.25) is 19.5 Å². The lowest BCUT2D eigenvalue weighted by atomic mass is 10.1. The molecule has 4 rings (SSSR count). The highest BCUT2D eigenvalue weighted by Crippen LogP contribution is 2.22. The second-order valence-corrected chi connectivity index (χ2v) is 8.40. The molecule has 0 aliphatic carbocycles. The van der Waals surface area contributed by atoms with Crippen LogP contribution in [0.2, 0.25) is 5.02 Å². The van der Waals surface area contributed by atoms with Crippen LogP contribution in [0.4, 0.5) is 0 Å². The maximum atomic E-state index is 13.1. The van der Waals surface area contributed by atoms with E-state index in [0.29, 0.717) is 30.2 Å². The zero-order valence-electron chi connectivity index (χ0n) is 16.9. The van der Waals surface area contributed by atoms with E-state index in [9.17, 15) is 9.59 Å². The van der Waals surface area contributed by atoms with Crippen molar-refractivity contribution in [2.75, 3.05) is 45.8 Å². The summed E-state index contributed by atoms with van der Waals surface area (Å²) in [6.45, 7) is 6.78. The molecule has 154 valence electrons. The molecule has 29 heavy (non-hydrogen) atoms. The number of rotatable bonds is 3. The molecule has 0 spiro atoms. The van der Waals surface area contributed by atoms with Crippen LogP contribution in [0, 0.1) is 6.92 Å². The van der Waals surface area contributed by atoms with Gasteiger partial charge in [0, 0.05) is 49.7 Å². The Labute approximate surface area is 176 Å². The van der Waals surface area contributed by atoms with Gasteiger partial charge in [0.25, 0.3) is 5.91 Å². The Morgan fingerprint density at radius 1 is 0.966 bits per heavy atom. The quantitative estimate of drug-likeness (QED) is 0.774. The molecule has 1 aromatic heterocycles. The standard InChI is InChI=1S/C22H27ClN4O2/c1-16-19(14-17-13-18(23)5-6-20(17)24-16)22(29)27-11-9-25(10-12-27)15-21(28)26-7-3-2-4-8-26/h5-6,13-14H,2-4,7-12,15H2,1H3. The number of pyridine rings is 1. The number of aromatic nitrogens is 1. The molecule has 2 aromatic rings. The molecule has 0 bridgehead atoms. The molecule has 0 saturated carbocycles. The van der Waals surface area contributed by atoms with Crippen LogP contribution < -0.4 is 0 Å². The monoisotopic (exact) mass is 414 g/mol. The Balaban J connectivity index is 1.38. The lowest BCUT2D eigenvalue weighted by molar-refractivity contribution is -0.133. The van der Waals surface area contributed by atoms with Gasteiger partial charge < -0.3 is 9.80 Å². The van der Waals surface area contributed by atoms with Crippen molar-refractivity contribution in [2.45, 2.75) is 26.2 Å². The Morgan fingerprint density at radius 2 is 1.69 bits per heavy atom. The van der Waals surface area contributed by atoms with E-state index in [-0.39, 0.29) is 11.8 Å². The number of piperazine rings is 1. The van der Waals surface area contributed by atoms with Gasteiger partial charge in [-0.15, -0.1) is 0 Å². The van der Waals surface area contributed by atoms with Gasteiger partial charge in [-0.2, -0.15) is 0 Å². The fourth-order valence-corrected chi connectivity index (χ4v) is 4.35. The Kier molecular flexibility index (Phi) is 6.01. The van der Waals surface area contributed by atoms with Crippen LogP contribution in [0.3, 0.4) is 0 Å². The zero-order valence-corrected chi connectivity index (χ0v) is 17.6. The first-order chi connectivity index (χ1) is 14.0. The molecule has 0 atom stereocenters. The second-order valence-electron chi connectivity index (χ2n) is 7.97. The van der Waals surface area contributed by atoms with Crippen LogP contribution >= 0.6 is 11.6 Å². The second kappa shape index (κ2) is 8.67. The number of nitrogens with zero attached hydrogens (tertiary/aromatic N) is 4. The number of hydrogen-bond acceptors (Lipinski definition) is 4. The SMILES string of the molecule is Cc1nc2ccc(Cl)cc2cc1C(=O)N1CCN(CC(=O)N2CCCCC2)CC1. The Bertz CT molecular complexity index is 918. The van der Waals surface area contributed by atoms with Crippen LogP contribution in [-0.4, -0.2) is 77.3 Å². The van der Waals surface area contributed by atoms with Gasteiger partial charge in [0.1, 0.15) is 0 Å². The Hall–Kier alpha value is -2.18. The number of carbonyl (C=O) groups excluding carboxylic acids is 2. The highest BCUT2D eigenvalue weighted by Gasteiger charge is 2.26. The summed E-state index contributed by atoms with van der Waals surface area (Å²) in [4.78, 5) is 36.1. The van der Waals surface area contributed by atoms with Gasteiger partial charge in [0.2, 0.25) is 5.91 Å². The van der Waals surface area contributed by atoms with E-state index < -0.39 is 0 Å². The summed E-state index contributed by atoms with van der Waals surface area (Å²) in [5, 5.41) is 1.51. The molecular weight excluding hydrogens is 388 g/mol. The third-order valence-electron chi connectivity index (χ3n) is 5.92. The molecule has 2 amide bonds. The summed E-state index contributed by atoms with van der Waals surface area (Å²) in [6.07, 6.45) is 3.44. The minimum atomic E-state index is -0.00103. The van der Waals surface area contributed by atoms with Crippen molar-refractivity contribution in [2.24, 2.45) is 0 Å². The third kappa shape index (κ3) is 4.54. The van der Waals surface area contributed by atoms with Crippen molar-refractivity contribution in [3.63, 3.8) is 0 Å². The molecule has 7 heteroatoms. The average Bonchev–Trinajstić information content (AvgIpc) is 2.74. The molecule has 6 nitrogen and oxygen atoms in total. The van der Waals surface area contributed by atoms with Crippen molar-refractivity contribution < 1.29 is 9.59 Å². The number of aryl methyl sites for hydroxylation is 1. The van der Waals surface area contributed by atoms with Crippen molar-refractivity contribution in [1.82, 2.24) is 19.7 Å². The van der Waals surface area contributed by atoms with E-state index in [1.807, 2.05) is 41.0 Å². The van der Waals surface area contributed by atoms with Gasteiger partial charge in [0.05, 0.1) is 23.3 Å². The summed E-state index contributed by atoms with van der Waals surface area (Å²) >= 11 is 6.09. The fraction of sp³-hybridized carbons (Fsp3) is 0.500. The highest BCUT2D eigenvalue weighted by atomic mass is 35.5. The van der Waals surface area contributed by atoms with Crippen LogP contribution in [0.1, 0.15) is 35.3 Å². The predicted octanol–water partition coefficient (Wildman–Crippen LogP) is 2.97. The number of likely N-dealkylation sites (tertiary alicyclic amines) is 1. The van der Waals surface area contributed by atoms with Crippen LogP contribution in [0.25, 0.3) is 10.9 Å². The summed E-state index contributed by atoms with van der Waals surface area (Å²) in [5.41, 5.74) is 2.19. The minimum Gasteiger partial charge on any atom is -0.342 e. The molecule has 2 fully saturated rings. The Morgan fingerprint density at radius 3 is 2.41 bits per heavy atom.